The number of nitrogens with one attached hydrogen (secondary N) is 1. The van der Waals surface area contributed by atoms with Crippen LogP contribution < -0.4 is 9.46 Å². The minimum Gasteiger partial charge on any atom is -0.432 e. The number of alkyl halides is 5. The SMILES string of the molecule is N#Cc1c(-c2ccc(S(=O)(=O)NC3(C(F)(F)F)CC3)cn2)n(C2CCC2)c2cc(OC(F)F)c(F)cc12. The van der Waals surface area contributed by atoms with Crippen molar-refractivity contribution in [2.45, 2.75) is 61.4 Å². The highest BCUT2D eigenvalue weighted by Gasteiger charge is 2.65. The molecule has 0 bridgehead atoms. The second kappa shape index (κ2) is 8.63. The van der Waals surface area contributed by atoms with Gasteiger partial charge in [0.05, 0.1) is 22.5 Å². The van der Waals surface area contributed by atoms with Crippen LogP contribution in [-0.2, 0) is 10.0 Å². The number of halogens is 6. The van der Waals surface area contributed by atoms with E-state index in [1.54, 1.807) is 9.29 Å². The van der Waals surface area contributed by atoms with Crippen LogP contribution in [0.4, 0.5) is 26.3 Å². The highest BCUT2D eigenvalue weighted by atomic mass is 32.2. The molecule has 0 amide bonds. The summed E-state index contributed by atoms with van der Waals surface area (Å²) < 4.78 is 113. The molecule has 5 rings (SSSR count). The van der Waals surface area contributed by atoms with Crippen molar-refractivity contribution in [3.63, 3.8) is 0 Å². The Morgan fingerprint density at radius 3 is 2.41 bits per heavy atom. The fourth-order valence-corrected chi connectivity index (χ4v) is 5.84. The fourth-order valence-electron chi connectivity index (χ4n) is 4.45. The van der Waals surface area contributed by atoms with Gasteiger partial charge in [0.1, 0.15) is 16.5 Å². The van der Waals surface area contributed by atoms with Gasteiger partial charge in [-0.1, -0.05) is 0 Å². The number of fused-ring (bicyclic) bond motifs is 1. The van der Waals surface area contributed by atoms with Crippen LogP contribution in [-0.4, -0.2) is 36.3 Å². The smallest absolute Gasteiger partial charge is 0.407 e. The Morgan fingerprint density at radius 1 is 1.22 bits per heavy atom. The van der Waals surface area contributed by atoms with Gasteiger partial charge >= 0.3 is 12.8 Å². The van der Waals surface area contributed by atoms with Crippen LogP contribution in [0.15, 0.2) is 35.4 Å². The van der Waals surface area contributed by atoms with Crippen molar-refractivity contribution in [3.05, 3.63) is 41.8 Å². The van der Waals surface area contributed by atoms with Crippen molar-refractivity contribution in [2.75, 3.05) is 0 Å². The number of aromatic nitrogens is 2. The Morgan fingerprint density at radius 2 is 1.92 bits per heavy atom. The van der Waals surface area contributed by atoms with Crippen molar-refractivity contribution in [2.24, 2.45) is 0 Å². The third-order valence-corrected chi connectivity index (χ3v) is 8.26. The van der Waals surface area contributed by atoms with Crippen LogP contribution in [0, 0.1) is 17.1 Å². The van der Waals surface area contributed by atoms with E-state index in [9.17, 15) is 40.0 Å². The quantitative estimate of drug-likeness (QED) is 0.401. The third kappa shape index (κ3) is 4.29. The number of nitrogens with zero attached hydrogens (tertiary/aromatic N) is 3. The Bertz CT molecular complexity index is 1520. The molecule has 1 N–H and O–H groups in total. The van der Waals surface area contributed by atoms with Gasteiger partial charge in [-0.05, 0) is 50.3 Å². The zero-order valence-corrected chi connectivity index (χ0v) is 19.6. The molecule has 0 saturated heterocycles. The van der Waals surface area contributed by atoms with E-state index in [0.29, 0.717) is 12.8 Å². The molecule has 0 atom stereocenters. The molecule has 0 aliphatic heterocycles. The monoisotopic (exact) mass is 544 g/mol. The molecule has 2 saturated carbocycles. The van der Waals surface area contributed by atoms with Gasteiger partial charge < -0.3 is 9.30 Å². The highest BCUT2D eigenvalue weighted by Crippen LogP contribution is 2.50. The van der Waals surface area contributed by atoms with Gasteiger partial charge in [-0.2, -0.15) is 31.9 Å². The Kier molecular flexibility index (Phi) is 5.91. The normalized spacial score (nSPS) is 17.6. The summed E-state index contributed by atoms with van der Waals surface area (Å²) in [4.78, 5) is 3.60. The predicted octanol–water partition coefficient (Wildman–Crippen LogP) is 5.41. The number of hydrogen-bond acceptors (Lipinski definition) is 5. The molecule has 2 aliphatic rings. The predicted molar refractivity (Wildman–Crippen MR) is 118 cm³/mol. The molecule has 0 unspecified atom stereocenters. The second-order valence-corrected chi connectivity index (χ2v) is 10.7. The lowest BCUT2D eigenvalue weighted by atomic mass is 9.92. The number of rotatable bonds is 7. The van der Waals surface area contributed by atoms with Crippen LogP contribution >= 0.6 is 0 Å². The first-order valence-electron chi connectivity index (χ1n) is 11.2. The zero-order chi connectivity index (χ0) is 26.8. The van der Waals surface area contributed by atoms with E-state index in [2.05, 4.69) is 9.72 Å². The highest BCUT2D eigenvalue weighted by molar-refractivity contribution is 7.89. The van der Waals surface area contributed by atoms with Crippen LogP contribution in [0.1, 0.15) is 43.7 Å². The van der Waals surface area contributed by atoms with Crippen molar-refractivity contribution in [1.82, 2.24) is 14.3 Å². The largest absolute Gasteiger partial charge is 0.432 e. The van der Waals surface area contributed by atoms with E-state index < -0.39 is 44.8 Å². The summed E-state index contributed by atoms with van der Waals surface area (Å²) in [5, 5.41) is 10.0. The number of hydrogen-bond donors (Lipinski definition) is 1. The molecule has 0 radical (unpaired) electrons. The van der Waals surface area contributed by atoms with Gasteiger partial charge in [-0.25, -0.2) is 12.8 Å². The standard InChI is InChI=1S/C23H18F6N4O3S/c24-16-8-14-15(10-30)20(33(12-2-1-3-12)18(14)9-19(16)36-21(25)26)17-5-4-13(11-31-17)37(34,35)32-22(6-7-22)23(27,28)29/h4-5,8-9,11-12,21,32H,1-3,6-7H2. The van der Waals surface area contributed by atoms with Gasteiger partial charge in [0.15, 0.2) is 11.6 Å². The number of sulfonamides is 1. The molecule has 2 heterocycles. The summed E-state index contributed by atoms with van der Waals surface area (Å²) in [6.07, 6.45) is -2.41. The summed E-state index contributed by atoms with van der Waals surface area (Å²) >= 11 is 0. The van der Waals surface area contributed by atoms with Crippen LogP contribution in [0.5, 0.6) is 5.75 Å². The molecular formula is C23H18F6N4O3S. The lowest BCUT2D eigenvalue weighted by Crippen LogP contribution is -2.47. The Hall–Kier alpha value is -3.31. The summed E-state index contributed by atoms with van der Waals surface area (Å²) in [6.45, 7) is -3.27. The van der Waals surface area contributed by atoms with Crippen LogP contribution in [0.3, 0.4) is 0 Å². The minimum absolute atomic E-state index is 0.0142. The van der Waals surface area contributed by atoms with Gasteiger partial charge in [-0.3, -0.25) is 4.98 Å². The number of nitriles is 1. The average molecular weight is 544 g/mol. The van der Waals surface area contributed by atoms with Crippen molar-refractivity contribution in [3.8, 4) is 23.2 Å². The fraction of sp³-hybridized carbons (Fsp3) is 0.391. The van der Waals surface area contributed by atoms with Crippen LogP contribution in [0.25, 0.3) is 22.3 Å². The molecule has 2 aromatic heterocycles. The van der Waals surface area contributed by atoms with E-state index in [-0.39, 0.29) is 46.7 Å². The molecule has 2 aliphatic carbocycles. The summed E-state index contributed by atoms with van der Waals surface area (Å²) in [5.74, 6) is -1.79. The maximum Gasteiger partial charge on any atom is 0.407 e. The first-order chi connectivity index (χ1) is 17.4. The molecular weight excluding hydrogens is 526 g/mol. The molecule has 14 heteroatoms. The summed E-state index contributed by atoms with van der Waals surface area (Å²) in [5.41, 5.74) is -1.94. The Balaban J connectivity index is 1.60. The minimum atomic E-state index is -4.75. The van der Waals surface area contributed by atoms with E-state index in [4.69, 9.17) is 0 Å². The number of ether oxygens (including phenoxy) is 1. The third-order valence-electron chi connectivity index (χ3n) is 6.74. The molecule has 7 nitrogen and oxygen atoms in total. The van der Waals surface area contributed by atoms with Crippen molar-refractivity contribution < 1.29 is 39.5 Å². The Labute approximate surface area is 206 Å². The average Bonchev–Trinajstić information content (AvgIpc) is 3.50. The summed E-state index contributed by atoms with van der Waals surface area (Å²) in [7, 11) is -4.56. The van der Waals surface area contributed by atoms with E-state index in [1.807, 2.05) is 6.07 Å². The second-order valence-electron chi connectivity index (χ2n) is 9.03. The van der Waals surface area contributed by atoms with Crippen molar-refractivity contribution >= 4 is 20.9 Å². The molecule has 2 fully saturated rings. The first-order valence-corrected chi connectivity index (χ1v) is 12.6. The first kappa shape index (κ1) is 25.3. The van der Waals surface area contributed by atoms with Gasteiger partial charge in [-0.15, -0.1) is 0 Å². The molecule has 37 heavy (non-hydrogen) atoms. The van der Waals surface area contributed by atoms with E-state index in [0.717, 1.165) is 30.8 Å². The molecule has 1 aromatic carbocycles. The topological polar surface area (TPSA) is 97.0 Å². The lowest BCUT2D eigenvalue weighted by molar-refractivity contribution is -0.160. The van der Waals surface area contributed by atoms with Crippen molar-refractivity contribution in [1.29, 1.82) is 5.26 Å². The number of pyridine rings is 1. The van der Waals surface area contributed by atoms with E-state index in [1.165, 1.54) is 6.07 Å². The van der Waals surface area contributed by atoms with Crippen LogP contribution in [0.2, 0.25) is 0 Å². The maximum atomic E-state index is 14.5. The zero-order valence-electron chi connectivity index (χ0n) is 18.8. The van der Waals surface area contributed by atoms with E-state index >= 15 is 0 Å². The van der Waals surface area contributed by atoms with Gasteiger partial charge in [0.25, 0.3) is 0 Å². The summed E-state index contributed by atoms with van der Waals surface area (Å²) in [6, 6.07) is 6.10. The molecule has 196 valence electrons. The van der Waals surface area contributed by atoms with Gasteiger partial charge in [0, 0.05) is 23.7 Å². The molecule has 3 aromatic rings. The maximum absolute atomic E-state index is 14.5. The lowest BCUT2D eigenvalue weighted by Gasteiger charge is -2.30. The number of benzene rings is 1. The van der Waals surface area contributed by atoms with Gasteiger partial charge in [0.2, 0.25) is 10.0 Å². The molecule has 0 spiro atoms.